The fourth-order valence-electron chi connectivity index (χ4n) is 4.00. The quantitative estimate of drug-likeness (QED) is 0.330. The Morgan fingerprint density at radius 2 is 0.867 bits per heavy atom. The van der Waals surface area contributed by atoms with E-state index in [1.165, 1.54) is 11.1 Å². The summed E-state index contributed by atoms with van der Waals surface area (Å²) in [6, 6.07) is 28.9. The van der Waals surface area contributed by atoms with Crippen LogP contribution in [0, 0.1) is 27.7 Å². The van der Waals surface area contributed by atoms with Crippen LogP contribution in [0.25, 0.3) is 22.3 Å². The van der Waals surface area contributed by atoms with Gasteiger partial charge in [-0.15, -0.1) is 0 Å². The smallest absolute Gasteiger partial charge is 0.193 e. The van der Waals surface area contributed by atoms with Crippen LogP contribution in [-0.4, -0.2) is 5.78 Å². The van der Waals surface area contributed by atoms with Crippen LogP contribution < -0.4 is 0 Å². The van der Waals surface area contributed by atoms with E-state index in [0.29, 0.717) is 0 Å². The van der Waals surface area contributed by atoms with E-state index in [0.717, 1.165) is 44.5 Å². The number of hydrogen-bond donors (Lipinski definition) is 0. The van der Waals surface area contributed by atoms with Gasteiger partial charge in [0.2, 0.25) is 0 Å². The van der Waals surface area contributed by atoms with Crippen LogP contribution in [0.15, 0.2) is 84.9 Å². The molecule has 0 atom stereocenters. The van der Waals surface area contributed by atoms with Gasteiger partial charge >= 0.3 is 0 Å². The van der Waals surface area contributed by atoms with Crippen LogP contribution >= 0.6 is 0 Å². The minimum absolute atomic E-state index is 0.0768. The highest BCUT2D eigenvalue weighted by molar-refractivity contribution is 6.12. The molecule has 0 N–H and O–H groups in total. The van der Waals surface area contributed by atoms with Crippen molar-refractivity contribution in [3.8, 4) is 22.3 Å². The van der Waals surface area contributed by atoms with Gasteiger partial charge in [0.1, 0.15) is 0 Å². The van der Waals surface area contributed by atoms with Crippen LogP contribution in [0.1, 0.15) is 38.2 Å². The highest BCUT2D eigenvalue weighted by atomic mass is 16.1. The number of carbonyl (C=O) groups is 1. The first-order valence-corrected chi connectivity index (χ1v) is 10.3. The van der Waals surface area contributed by atoms with Crippen LogP contribution in [0.2, 0.25) is 0 Å². The van der Waals surface area contributed by atoms with Crippen molar-refractivity contribution in [1.29, 1.82) is 0 Å². The molecular weight excluding hydrogens is 364 g/mol. The van der Waals surface area contributed by atoms with Gasteiger partial charge in [0.15, 0.2) is 5.78 Å². The van der Waals surface area contributed by atoms with Gasteiger partial charge in [-0.25, -0.2) is 0 Å². The van der Waals surface area contributed by atoms with Gasteiger partial charge < -0.3 is 0 Å². The molecule has 1 nitrogen and oxygen atoms in total. The Hall–Kier alpha value is -3.45. The first-order chi connectivity index (χ1) is 14.5. The molecule has 0 aliphatic rings. The van der Waals surface area contributed by atoms with Crippen molar-refractivity contribution >= 4 is 5.78 Å². The summed E-state index contributed by atoms with van der Waals surface area (Å²) in [6.45, 7) is 8.25. The summed E-state index contributed by atoms with van der Waals surface area (Å²) in [7, 11) is 0. The predicted octanol–water partition coefficient (Wildman–Crippen LogP) is 7.49. The third-order valence-corrected chi connectivity index (χ3v) is 5.88. The van der Waals surface area contributed by atoms with Gasteiger partial charge in [0, 0.05) is 11.1 Å². The maximum atomic E-state index is 13.6. The second kappa shape index (κ2) is 8.12. The van der Waals surface area contributed by atoms with E-state index in [1.807, 2.05) is 38.1 Å². The van der Waals surface area contributed by atoms with Crippen LogP contribution in [-0.2, 0) is 0 Å². The zero-order valence-corrected chi connectivity index (χ0v) is 18.0. The highest BCUT2D eigenvalue weighted by Gasteiger charge is 2.18. The fraction of sp³-hybridized carbons (Fsp3) is 0.138. The Morgan fingerprint density at radius 3 is 1.23 bits per heavy atom. The van der Waals surface area contributed by atoms with Crippen molar-refractivity contribution < 1.29 is 4.79 Å². The first-order valence-electron chi connectivity index (χ1n) is 10.3. The lowest BCUT2D eigenvalue weighted by Gasteiger charge is -2.14. The summed E-state index contributed by atoms with van der Waals surface area (Å²) >= 11 is 0. The molecule has 0 aliphatic heterocycles. The minimum atomic E-state index is 0.0768. The van der Waals surface area contributed by atoms with E-state index in [-0.39, 0.29) is 5.78 Å². The van der Waals surface area contributed by atoms with Crippen LogP contribution in [0.4, 0.5) is 0 Å². The molecule has 0 amide bonds. The molecular formula is C29H26O. The summed E-state index contributed by atoms with van der Waals surface area (Å²) < 4.78 is 0. The van der Waals surface area contributed by atoms with Gasteiger partial charge in [-0.2, -0.15) is 0 Å². The lowest BCUT2D eigenvalue weighted by atomic mass is 9.88. The number of hydrogen-bond acceptors (Lipinski definition) is 1. The minimum Gasteiger partial charge on any atom is -0.289 e. The molecule has 0 heterocycles. The zero-order valence-electron chi connectivity index (χ0n) is 18.0. The summed E-state index contributed by atoms with van der Waals surface area (Å²) in [5.74, 6) is 0.0768. The van der Waals surface area contributed by atoms with Gasteiger partial charge in [0.25, 0.3) is 0 Å². The Labute approximate surface area is 179 Å². The molecule has 0 saturated carbocycles. The van der Waals surface area contributed by atoms with E-state index < -0.39 is 0 Å². The standard InChI is InChI=1S/C29H26O/c1-19-11-15-23(16-12-19)25-7-5-9-27(21(25)3)29(30)28-10-6-8-26(22(28)4)24-17-13-20(2)14-18-24/h5-18H,1-4H3. The second-order valence-corrected chi connectivity index (χ2v) is 8.02. The third kappa shape index (κ3) is 3.71. The van der Waals surface area contributed by atoms with Gasteiger partial charge in [-0.1, -0.05) is 96.1 Å². The molecule has 0 aromatic heterocycles. The molecule has 4 rings (SSSR count). The van der Waals surface area contributed by atoms with E-state index >= 15 is 0 Å². The largest absolute Gasteiger partial charge is 0.289 e. The van der Waals surface area contributed by atoms with E-state index in [2.05, 4.69) is 74.5 Å². The predicted molar refractivity (Wildman–Crippen MR) is 126 cm³/mol. The monoisotopic (exact) mass is 390 g/mol. The molecule has 0 aliphatic carbocycles. The molecule has 0 radical (unpaired) electrons. The van der Waals surface area contributed by atoms with Gasteiger partial charge in [-0.3, -0.25) is 4.79 Å². The Balaban J connectivity index is 1.77. The zero-order chi connectivity index (χ0) is 21.3. The first kappa shape index (κ1) is 19.8. The lowest BCUT2D eigenvalue weighted by Crippen LogP contribution is -2.07. The fourth-order valence-corrected chi connectivity index (χ4v) is 4.00. The second-order valence-electron chi connectivity index (χ2n) is 8.02. The molecule has 0 spiro atoms. The van der Waals surface area contributed by atoms with Crippen LogP contribution in [0.3, 0.4) is 0 Å². The molecule has 4 aromatic rings. The number of aryl methyl sites for hydroxylation is 2. The average Bonchev–Trinajstić information content (AvgIpc) is 2.75. The number of ketones is 1. The molecule has 0 saturated heterocycles. The molecule has 1 heteroatoms. The number of benzene rings is 4. The summed E-state index contributed by atoms with van der Waals surface area (Å²) in [5.41, 5.74) is 10.5. The Morgan fingerprint density at radius 1 is 0.500 bits per heavy atom. The maximum Gasteiger partial charge on any atom is 0.193 e. The number of rotatable bonds is 4. The highest BCUT2D eigenvalue weighted by Crippen LogP contribution is 2.31. The molecule has 0 bridgehead atoms. The van der Waals surface area contributed by atoms with Crippen molar-refractivity contribution in [2.75, 3.05) is 0 Å². The van der Waals surface area contributed by atoms with Crippen molar-refractivity contribution in [1.82, 2.24) is 0 Å². The molecule has 0 fully saturated rings. The van der Waals surface area contributed by atoms with E-state index in [1.54, 1.807) is 0 Å². The third-order valence-electron chi connectivity index (χ3n) is 5.88. The topological polar surface area (TPSA) is 17.1 Å². The molecule has 4 aromatic carbocycles. The van der Waals surface area contributed by atoms with Crippen molar-refractivity contribution in [3.63, 3.8) is 0 Å². The lowest BCUT2D eigenvalue weighted by molar-refractivity contribution is 0.103. The summed E-state index contributed by atoms with van der Waals surface area (Å²) in [5, 5.41) is 0. The van der Waals surface area contributed by atoms with Crippen molar-refractivity contribution in [2.24, 2.45) is 0 Å². The molecule has 0 unspecified atom stereocenters. The maximum absolute atomic E-state index is 13.6. The molecule has 148 valence electrons. The van der Waals surface area contributed by atoms with Crippen molar-refractivity contribution in [2.45, 2.75) is 27.7 Å². The SMILES string of the molecule is Cc1ccc(-c2cccc(C(=O)c3cccc(-c4ccc(C)cc4)c3C)c2C)cc1. The van der Waals surface area contributed by atoms with E-state index in [9.17, 15) is 4.79 Å². The van der Waals surface area contributed by atoms with Crippen LogP contribution in [0.5, 0.6) is 0 Å². The van der Waals surface area contributed by atoms with Gasteiger partial charge in [-0.05, 0) is 61.1 Å². The van der Waals surface area contributed by atoms with Crippen molar-refractivity contribution in [3.05, 3.63) is 118 Å². The van der Waals surface area contributed by atoms with E-state index in [4.69, 9.17) is 0 Å². The Bertz CT molecular complexity index is 1120. The number of carbonyl (C=O) groups excluding carboxylic acids is 1. The summed E-state index contributed by atoms with van der Waals surface area (Å²) in [6.07, 6.45) is 0. The van der Waals surface area contributed by atoms with Gasteiger partial charge in [0.05, 0.1) is 0 Å². The molecule has 30 heavy (non-hydrogen) atoms. The summed E-state index contributed by atoms with van der Waals surface area (Å²) in [4.78, 5) is 13.6. The Kier molecular flexibility index (Phi) is 5.37. The average molecular weight is 391 g/mol. The normalized spacial score (nSPS) is 10.8.